The topological polar surface area (TPSA) is 26.3 Å². The molecule has 0 amide bonds. The van der Waals surface area contributed by atoms with Crippen molar-refractivity contribution in [3.63, 3.8) is 0 Å². The van der Waals surface area contributed by atoms with Crippen LogP contribution in [0.5, 0.6) is 5.75 Å². The van der Waals surface area contributed by atoms with Crippen LogP contribution in [0.15, 0.2) is 6.07 Å². The molecular formula is C18H28O2. The maximum Gasteiger partial charge on any atom is 0.129 e. The van der Waals surface area contributed by atoms with Crippen molar-refractivity contribution < 1.29 is 9.53 Å². The van der Waals surface area contributed by atoms with Crippen molar-refractivity contribution in [2.75, 3.05) is 6.61 Å². The van der Waals surface area contributed by atoms with E-state index in [0.717, 1.165) is 25.2 Å². The Morgan fingerprint density at radius 2 is 1.90 bits per heavy atom. The van der Waals surface area contributed by atoms with E-state index in [1.807, 2.05) is 0 Å². The number of ether oxygens (including phenoxy) is 1. The summed E-state index contributed by atoms with van der Waals surface area (Å²) < 4.78 is 5.83. The molecule has 0 aliphatic heterocycles. The number of aryl methyl sites for hydroxylation is 1. The summed E-state index contributed by atoms with van der Waals surface area (Å²) in [6, 6.07) is 2.15. The number of carbonyl (C=O) groups excluding carboxylic acids is 1. The van der Waals surface area contributed by atoms with Crippen LogP contribution in [0.3, 0.4) is 0 Å². The third kappa shape index (κ3) is 4.09. The highest BCUT2D eigenvalue weighted by molar-refractivity contribution is 5.75. The van der Waals surface area contributed by atoms with Gasteiger partial charge in [0, 0.05) is 6.42 Å². The van der Waals surface area contributed by atoms with Crippen LogP contribution >= 0.6 is 0 Å². The second-order valence-corrected chi connectivity index (χ2v) is 5.85. The van der Waals surface area contributed by atoms with Gasteiger partial charge >= 0.3 is 0 Å². The van der Waals surface area contributed by atoms with E-state index < -0.39 is 0 Å². The minimum atomic E-state index is 0.270. The summed E-state index contributed by atoms with van der Waals surface area (Å²) in [6.07, 6.45) is 2.60. The number of hydrogen-bond donors (Lipinski definition) is 0. The predicted octanol–water partition coefficient (Wildman–Crippen LogP) is 4.87. The lowest BCUT2D eigenvalue weighted by Crippen LogP contribution is -2.06. The Kier molecular flexibility index (Phi) is 6.25. The first kappa shape index (κ1) is 16.7. The number of benzene rings is 1. The van der Waals surface area contributed by atoms with Crippen LogP contribution in [-0.2, 0) is 4.79 Å². The molecule has 0 fully saturated rings. The van der Waals surface area contributed by atoms with Gasteiger partial charge in [-0.1, -0.05) is 13.8 Å². The van der Waals surface area contributed by atoms with Crippen LogP contribution in [0.4, 0.5) is 0 Å². The molecular weight excluding hydrogens is 248 g/mol. The average molecular weight is 276 g/mol. The number of carbonyl (C=O) groups is 1. The standard InChI is InChI=1S/C18H28O2/c1-7-10-20-17-11-13(3)18(16(6)15(17)5)12(2)8-9-14(4)19/h11-12H,7-10H2,1-6H3. The summed E-state index contributed by atoms with van der Waals surface area (Å²) in [5.41, 5.74) is 5.20. The van der Waals surface area contributed by atoms with E-state index in [1.165, 1.54) is 22.3 Å². The first-order valence-corrected chi connectivity index (χ1v) is 7.61. The van der Waals surface area contributed by atoms with Crippen LogP contribution in [0.2, 0.25) is 0 Å². The molecule has 2 nitrogen and oxygen atoms in total. The van der Waals surface area contributed by atoms with Crippen LogP contribution in [0.25, 0.3) is 0 Å². The van der Waals surface area contributed by atoms with Gasteiger partial charge in [-0.25, -0.2) is 0 Å². The van der Waals surface area contributed by atoms with Crippen molar-refractivity contribution in [1.82, 2.24) is 0 Å². The van der Waals surface area contributed by atoms with Gasteiger partial charge in [-0.15, -0.1) is 0 Å². The van der Waals surface area contributed by atoms with E-state index in [0.29, 0.717) is 12.3 Å². The van der Waals surface area contributed by atoms with E-state index in [1.54, 1.807) is 6.92 Å². The fraction of sp³-hybridized carbons (Fsp3) is 0.611. The molecule has 112 valence electrons. The molecule has 0 saturated heterocycles. The van der Waals surface area contributed by atoms with Gasteiger partial charge < -0.3 is 9.53 Å². The number of hydrogen-bond acceptors (Lipinski definition) is 2. The molecule has 0 aliphatic carbocycles. The number of rotatable bonds is 7. The summed E-state index contributed by atoms with van der Waals surface area (Å²) >= 11 is 0. The zero-order chi connectivity index (χ0) is 15.3. The van der Waals surface area contributed by atoms with Crippen molar-refractivity contribution >= 4 is 5.78 Å². The first-order valence-electron chi connectivity index (χ1n) is 7.61. The van der Waals surface area contributed by atoms with Crippen molar-refractivity contribution in [3.8, 4) is 5.75 Å². The summed E-state index contributed by atoms with van der Waals surface area (Å²) in [7, 11) is 0. The molecule has 0 saturated carbocycles. The Balaban J connectivity index is 3.03. The van der Waals surface area contributed by atoms with Crippen LogP contribution < -0.4 is 4.74 Å². The Morgan fingerprint density at radius 1 is 1.25 bits per heavy atom. The van der Waals surface area contributed by atoms with Crippen LogP contribution in [0, 0.1) is 20.8 Å². The van der Waals surface area contributed by atoms with Gasteiger partial charge in [-0.3, -0.25) is 0 Å². The highest BCUT2D eigenvalue weighted by Gasteiger charge is 2.16. The second-order valence-electron chi connectivity index (χ2n) is 5.85. The van der Waals surface area contributed by atoms with E-state index in [-0.39, 0.29) is 5.78 Å². The maximum atomic E-state index is 11.2. The van der Waals surface area contributed by atoms with Gasteiger partial charge in [-0.2, -0.15) is 0 Å². The van der Waals surface area contributed by atoms with E-state index in [4.69, 9.17) is 4.74 Å². The molecule has 1 aromatic carbocycles. The Hall–Kier alpha value is -1.31. The first-order chi connectivity index (χ1) is 9.38. The molecule has 0 heterocycles. The third-order valence-corrected chi connectivity index (χ3v) is 3.99. The second kappa shape index (κ2) is 7.47. The summed E-state index contributed by atoms with van der Waals surface area (Å²) in [6.45, 7) is 13.2. The zero-order valence-electron chi connectivity index (χ0n) is 13.8. The molecule has 0 N–H and O–H groups in total. The molecule has 1 atom stereocenters. The highest BCUT2D eigenvalue weighted by atomic mass is 16.5. The van der Waals surface area contributed by atoms with Crippen molar-refractivity contribution in [2.24, 2.45) is 0 Å². The highest BCUT2D eigenvalue weighted by Crippen LogP contribution is 2.34. The maximum absolute atomic E-state index is 11.2. The van der Waals surface area contributed by atoms with E-state index in [2.05, 4.69) is 40.7 Å². The van der Waals surface area contributed by atoms with Crippen molar-refractivity contribution in [2.45, 2.75) is 66.7 Å². The lowest BCUT2D eigenvalue weighted by molar-refractivity contribution is -0.117. The van der Waals surface area contributed by atoms with Gasteiger partial charge in [0.15, 0.2) is 0 Å². The lowest BCUT2D eigenvalue weighted by atomic mass is 9.86. The molecule has 0 spiro atoms. The predicted molar refractivity (Wildman–Crippen MR) is 84.8 cm³/mol. The van der Waals surface area contributed by atoms with Gasteiger partial charge in [0.05, 0.1) is 6.61 Å². The fourth-order valence-electron chi connectivity index (χ4n) is 2.75. The van der Waals surface area contributed by atoms with Crippen molar-refractivity contribution in [1.29, 1.82) is 0 Å². The summed E-state index contributed by atoms with van der Waals surface area (Å²) in [4.78, 5) is 11.2. The Bertz CT molecular complexity index is 475. The smallest absolute Gasteiger partial charge is 0.129 e. The van der Waals surface area contributed by atoms with Gasteiger partial charge in [0.1, 0.15) is 11.5 Å². The van der Waals surface area contributed by atoms with E-state index in [9.17, 15) is 4.79 Å². The number of ketones is 1. The third-order valence-electron chi connectivity index (χ3n) is 3.99. The molecule has 1 unspecified atom stereocenters. The van der Waals surface area contributed by atoms with Crippen LogP contribution in [0.1, 0.15) is 68.2 Å². The van der Waals surface area contributed by atoms with Gasteiger partial charge in [-0.05, 0) is 74.8 Å². The molecule has 1 rings (SSSR count). The molecule has 0 aromatic heterocycles. The van der Waals surface area contributed by atoms with Gasteiger partial charge in [0.2, 0.25) is 0 Å². The van der Waals surface area contributed by atoms with Gasteiger partial charge in [0.25, 0.3) is 0 Å². The number of Topliss-reactive ketones (excluding diaryl/α,β-unsaturated/α-hetero) is 1. The minimum Gasteiger partial charge on any atom is -0.493 e. The molecule has 2 heteroatoms. The average Bonchev–Trinajstić information content (AvgIpc) is 2.39. The Morgan fingerprint density at radius 3 is 2.45 bits per heavy atom. The van der Waals surface area contributed by atoms with E-state index >= 15 is 0 Å². The SMILES string of the molecule is CCCOc1cc(C)c(C(C)CCC(C)=O)c(C)c1C. The van der Waals surface area contributed by atoms with Crippen LogP contribution in [-0.4, -0.2) is 12.4 Å². The fourth-order valence-corrected chi connectivity index (χ4v) is 2.75. The summed E-state index contributed by atoms with van der Waals surface area (Å²) in [5, 5.41) is 0. The minimum absolute atomic E-state index is 0.270. The molecule has 20 heavy (non-hydrogen) atoms. The molecule has 1 aromatic rings. The summed E-state index contributed by atoms with van der Waals surface area (Å²) in [5.74, 6) is 1.69. The molecule has 0 bridgehead atoms. The largest absolute Gasteiger partial charge is 0.493 e. The molecule has 0 radical (unpaired) electrons. The zero-order valence-corrected chi connectivity index (χ0v) is 13.8. The monoisotopic (exact) mass is 276 g/mol. The van der Waals surface area contributed by atoms with Crippen molar-refractivity contribution in [3.05, 3.63) is 28.3 Å². The normalized spacial score (nSPS) is 12.3. The molecule has 0 aliphatic rings. The Labute approximate surface area is 123 Å². The quantitative estimate of drug-likeness (QED) is 0.710. The lowest BCUT2D eigenvalue weighted by Gasteiger charge is -2.21.